The van der Waals surface area contributed by atoms with Crippen LogP contribution in [-0.4, -0.2) is 44.6 Å². The summed E-state index contributed by atoms with van der Waals surface area (Å²) in [6.07, 6.45) is -0.328. The molecule has 1 heterocycles. The smallest absolute Gasteiger partial charge is 0.363 e. The lowest BCUT2D eigenvalue weighted by Crippen LogP contribution is -2.51. The lowest BCUT2D eigenvalue weighted by atomic mass is 10.0. The van der Waals surface area contributed by atoms with E-state index in [0.29, 0.717) is 29.5 Å². The third kappa shape index (κ3) is 9.32. The molecule has 2 N–H and O–H groups in total. The highest BCUT2D eigenvalue weighted by Gasteiger charge is 2.34. The van der Waals surface area contributed by atoms with Crippen molar-refractivity contribution in [2.24, 2.45) is 5.92 Å². The van der Waals surface area contributed by atoms with Crippen LogP contribution >= 0.6 is 12.2 Å². The number of halogens is 3. The Morgan fingerprint density at radius 1 is 1.17 bits per heavy atom. The van der Waals surface area contributed by atoms with Crippen LogP contribution in [0.3, 0.4) is 0 Å². The summed E-state index contributed by atoms with van der Waals surface area (Å²) in [7, 11) is 0. The zero-order chi connectivity index (χ0) is 30.0. The summed E-state index contributed by atoms with van der Waals surface area (Å²) in [5.74, 6) is -0.245. The molecule has 3 rings (SSSR count). The second-order valence-electron chi connectivity index (χ2n) is 10.2. The molecule has 0 aliphatic heterocycles. The van der Waals surface area contributed by atoms with E-state index in [0.717, 1.165) is 18.1 Å². The number of rotatable bonds is 12. The predicted octanol–water partition coefficient (Wildman–Crippen LogP) is 5.29. The lowest BCUT2D eigenvalue weighted by molar-refractivity contribution is -0.138. The maximum Gasteiger partial charge on any atom is 0.416 e. The summed E-state index contributed by atoms with van der Waals surface area (Å²) in [5.41, 5.74) is 1.65. The van der Waals surface area contributed by atoms with Crippen molar-refractivity contribution in [1.82, 2.24) is 25.1 Å². The molecule has 0 saturated carbocycles. The molecule has 11 heteroatoms. The molecule has 2 aromatic carbocycles. The SMILES string of the molecule is CCCNC(=S)N(Cc1ccccc1C(F)(F)F)C[C@@H](NC(=O)Cc1cncn1Cc1ccc(C#N)cc1)C(C)C. The fourth-order valence-electron chi connectivity index (χ4n) is 4.31. The molecule has 0 aliphatic carbocycles. The number of nitrogens with one attached hydrogen (secondary N) is 2. The predicted molar refractivity (Wildman–Crippen MR) is 156 cm³/mol. The molecule has 41 heavy (non-hydrogen) atoms. The molecule has 0 fully saturated rings. The highest BCUT2D eigenvalue weighted by atomic mass is 32.1. The molecule has 0 radical (unpaired) electrons. The van der Waals surface area contributed by atoms with Crippen molar-refractivity contribution in [2.45, 2.75) is 58.9 Å². The van der Waals surface area contributed by atoms with E-state index in [4.69, 9.17) is 17.5 Å². The summed E-state index contributed by atoms with van der Waals surface area (Å²) in [6, 6.07) is 14.4. The highest BCUT2D eigenvalue weighted by Crippen LogP contribution is 2.32. The normalized spacial score (nSPS) is 12.0. The van der Waals surface area contributed by atoms with Crippen LogP contribution in [0.1, 0.15) is 55.1 Å². The minimum absolute atomic E-state index is 0.0168. The van der Waals surface area contributed by atoms with Gasteiger partial charge in [0.05, 0.1) is 29.9 Å². The third-order valence-corrected chi connectivity index (χ3v) is 7.04. The first kappa shape index (κ1) is 31.6. The van der Waals surface area contributed by atoms with Gasteiger partial charge in [-0.2, -0.15) is 18.4 Å². The quantitative estimate of drug-likeness (QED) is 0.282. The standard InChI is InChI=1S/C30H35F3N6OS/c1-4-13-36-29(41)38(18-24-7-5-6-8-26(24)30(31,32)33)19-27(21(2)3)37-28(40)14-25-16-35-20-39(25)17-23-11-9-22(15-34)10-12-23/h5-12,16,20-21,27H,4,13-14,17-19H2,1-3H3,(H,36,41)(H,37,40)/t27-/m1/s1. The first-order valence-electron chi connectivity index (χ1n) is 13.5. The molecule has 3 aromatic rings. The van der Waals surface area contributed by atoms with Gasteiger partial charge in [0.25, 0.3) is 0 Å². The van der Waals surface area contributed by atoms with Crippen molar-refractivity contribution in [2.75, 3.05) is 13.1 Å². The van der Waals surface area contributed by atoms with Gasteiger partial charge in [-0.25, -0.2) is 4.98 Å². The number of hydrogen-bond acceptors (Lipinski definition) is 4. The van der Waals surface area contributed by atoms with Gasteiger partial charge in [-0.1, -0.05) is 51.1 Å². The maximum absolute atomic E-state index is 13.7. The van der Waals surface area contributed by atoms with Crippen LogP contribution in [0.5, 0.6) is 0 Å². The summed E-state index contributed by atoms with van der Waals surface area (Å²) in [4.78, 5) is 19.1. The first-order chi connectivity index (χ1) is 19.5. The Balaban J connectivity index is 1.74. The van der Waals surface area contributed by atoms with Crippen molar-refractivity contribution in [1.29, 1.82) is 5.26 Å². The van der Waals surface area contributed by atoms with Crippen LogP contribution in [0.4, 0.5) is 13.2 Å². The van der Waals surface area contributed by atoms with E-state index < -0.39 is 11.7 Å². The van der Waals surface area contributed by atoms with Gasteiger partial charge < -0.3 is 20.1 Å². The molecule has 0 saturated heterocycles. The van der Waals surface area contributed by atoms with Crippen LogP contribution in [0.15, 0.2) is 61.1 Å². The van der Waals surface area contributed by atoms with Crippen molar-refractivity contribution in [3.8, 4) is 6.07 Å². The Labute approximate surface area is 244 Å². The summed E-state index contributed by atoms with van der Waals surface area (Å²) in [5, 5.41) is 15.5. The number of nitriles is 1. The minimum Gasteiger partial charge on any atom is -0.363 e. The van der Waals surface area contributed by atoms with Gasteiger partial charge >= 0.3 is 6.18 Å². The zero-order valence-electron chi connectivity index (χ0n) is 23.4. The number of carbonyl (C=O) groups is 1. The van der Waals surface area contributed by atoms with Crippen LogP contribution in [-0.2, 0) is 30.5 Å². The number of benzene rings is 2. The maximum atomic E-state index is 13.7. The van der Waals surface area contributed by atoms with Crippen LogP contribution in [0, 0.1) is 17.2 Å². The molecule has 1 aromatic heterocycles. The van der Waals surface area contributed by atoms with E-state index in [-0.39, 0.29) is 42.9 Å². The van der Waals surface area contributed by atoms with Crippen molar-refractivity contribution < 1.29 is 18.0 Å². The van der Waals surface area contributed by atoms with E-state index in [2.05, 4.69) is 21.7 Å². The number of amides is 1. The molecular weight excluding hydrogens is 549 g/mol. The molecule has 1 amide bonds. The van der Waals surface area contributed by atoms with Crippen molar-refractivity contribution in [3.63, 3.8) is 0 Å². The second kappa shape index (κ2) is 14.6. The number of aromatic nitrogens is 2. The average Bonchev–Trinajstić information content (AvgIpc) is 3.36. The number of carbonyl (C=O) groups excluding carboxylic acids is 1. The average molecular weight is 585 g/mol. The Hall–Kier alpha value is -3.91. The van der Waals surface area contributed by atoms with E-state index in [1.807, 2.05) is 37.5 Å². The Bertz CT molecular complexity index is 1350. The van der Waals surface area contributed by atoms with Gasteiger partial charge in [0.1, 0.15) is 0 Å². The lowest BCUT2D eigenvalue weighted by Gasteiger charge is -2.33. The van der Waals surface area contributed by atoms with E-state index in [9.17, 15) is 18.0 Å². The molecule has 1 atom stereocenters. The Kier molecular flexibility index (Phi) is 11.3. The molecule has 0 bridgehead atoms. The Morgan fingerprint density at radius 2 is 1.88 bits per heavy atom. The largest absolute Gasteiger partial charge is 0.416 e. The van der Waals surface area contributed by atoms with Gasteiger partial charge in [-0.3, -0.25) is 4.79 Å². The third-order valence-electron chi connectivity index (χ3n) is 6.64. The number of nitrogens with zero attached hydrogens (tertiary/aromatic N) is 4. The number of imidazole rings is 1. The Morgan fingerprint density at radius 3 is 2.51 bits per heavy atom. The van der Waals surface area contributed by atoms with Gasteiger partial charge in [-0.15, -0.1) is 0 Å². The fourth-order valence-corrected chi connectivity index (χ4v) is 4.55. The molecule has 0 unspecified atom stereocenters. The van der Waals surface area contributed by atoms with E-state index >= 15 is 0 Å². The summed E-state index contributed by atoms with van der Waals surface area (Å²) < 4.78 is 43.0. The van der Waals surface area contributed by atoms with Gasteiger partial charge in [-0.05, 0) is 53.9 Å². The zero-order valence-corrected chi connectivity index (χ0v) is 24.2. The van der Waals surface area contributed by atoms with E-state index in [1.54, 1.807) is 35.6 Å². The topological polar surface area (TPSA) is 86.0 Å². The fraction of sp³-hybridized carbons (Fsp3) is 0.400. The second-order valence-corrected chi connectivity index (χ2v) is 10.6. The molecule has 7 nitrogen and oxygen atoms in total. The number of alkyl halides is 3. The number of thiocarbonyl (C=S) groups is 1. The first-order valence-corrected chi connectivity index (χ1v) is 13.9. The van der Waals surface area contributed by atoms with Crippen LogP contribution < -0.4 is 10.6 Å². The highest BCUT2D eigenvalue weighted by molar-refractivity contribution is 7.80. The molecular formula is C30H35F3N6OS. The van der Waals surface area contributed by atoms with Crippen LogP contribution in [0.2, 0.25) is 0 Å². The van der Waals surface area contributed by atoms with Gasteiger partial charge in [0.15, 0.2) is 5.11 Å². The summed E-state index contributed by atoms with van der Waals surface area (Å²) in [6.45, 7) is 7.12. The minimum atomic E-state index is -4.49. The molecule has 0 spiro atoms. The van der Waals surface area contributed by atoms with Gasteiger partial charge in [0.2, 0.25) is 5.91 Å². The summed E-state index contributed by atoms with van der Waals surface area (Å²) >= 11 is 5.58. The van der Waals surface area contributed by atoms with Crippen molar-refractivity contribution >= 4 is 23.2 Å². The number of hydrogen-bond donors (Lipinski definition) is 2. The van der Waals surface area contributed by atoms with Gasteiger partial charge in [0, 0.05) is 44.1 Å². The molecule has 218 valence electrons. The van der Waals surface area contributed by atoms with E-state index in [1.165, 1.54) is 12.1 Å². The van der Waals surface area contributed by atoms with Crippen LogP contribution in [0.25, 0.3) is 0 Å². The monoisotopic (exact) mass is 584 g/mol. The molecule has 0 aliphatic rings. The van der Waals surface area contributed by atoms with Crippen molar-refractivity contribution in [3.05, 3.63) is 89.0 Å².